The van der Waals surface area contributed by atoms with E-state index in [1.807, 2.05) is 25.1 Å². The van der Waals surface area contributed by atoms with Crippen molar-refractivity contribution in [2.45, 2.75) is 6.92 Å². The molecule has 6 nitrogen and oxygen atoms in total. The average molecular weight is 217 g/mol. The molecule has 0 aromatic carbocycles. The summed E-state index contributed by atoms with van der Waals surface area (Å²) in [6.07, 6.45) is 3.21. The van der Waals surface area contributed by atoms with E-state index in [9.17, 15) is 4.79 Å². The molecule has 0 spiro atoms. The maximum Gasteiger partial charge on any atom is 0.358 e. The van der Waals surface area contributed by atoms with E-state index in [0.29, 0.717) is 12.2 Å². The van der Waals surface area contributed by atoms with Gasteiger partial charge >= 0.3 is 6.03 Å². The summed E-state index contributed by atoms with van der Waals surface area (Å²) in [4.78, 5) is 15.4. The van der Waals surface area contributed by atoms with E-state index in [1.165, 1.54) is 11.2 Å². The summed E-state index contributed by atoms with van der Waals surface area (Å²) in [5.74, 6) is 0. The molecule has 0 unspecified atom stereocenters. The van der Waals surface area contributed by atoms with Gasteiger partial charge in [-0.2, -0.15) is 10.2 Å². The number of hydrogen-bond acceptors (Lipinski definition) is 4. The second kappa shape index (κ2) is 4.52. The molecule has 1 aromatic rings. The number of amides is 2. The summed E-state index contributed by atoms with van der Waals surface area (Å²) >= 11 is 0. The number of hydrogen-bond donors (Lipinski definition) is 1. The second-order valence-electron chi connectivity index (χ2n) is 3.32. The van der Waals surface area contributed by atoms with Crippen LogP contribution in [0.15, 0.2) is 34.6 Å². The molecule has 2 rings (SSSR count). The number of nitrogens with one attached hydrogen (secondary N) is 1. The number of urea groups is 1. The van der Waals surface area contributed by atoms with Crippen LogP contribution in [-0.2, 0) is 0 Å². The zero-order valence-corrected chi connectivity index (χ0v) is 8.79. The van der Waals surface area contributed by atoms with Crippen LogP contribution in [0.5, 0.6) is 0 Å². The summed E-state index contributed by atoms with van der Waals surface area (Å²) in [6.45, 7) is 2.22. The van der Waals surface area contributed by atoms with Crippen molar-refractivity contribution in [2.24, 2.45) is 10.2 Å². The highest BCUT2D eigenvalue weighted by atomic mass is 16.2. The van der Waals surface area contributed by atoms with Gasteiger partial charge in [-0.25, -0.2) is 15.2 Å². The van der Waals surface area contributed by atoms with Crippen LogP contribution in [0.2, 0.25) is 0 Å². The van der Waals surface area contributed by atoms with Crippen molar-refractivity contribution in [1.29, 1.82) is 0 Å². The maximum atomic E-state index is 11.3. The Labute approximate surface area is 92.7 Å². The van der Waals surface area contributed by atoms with Crippen molar-refractivity contribution in [2.75, 3.05) is 6.54 Å². The normalized spacial score (nSPS) is 16.2. The van der Waals surface area contributed by atoms with Crippen molar-refractivity contribution in [3.8, 4) is 0 Å². The molecule has 0 bridgehead atoms. The van der Waals surface area contributed by atoms with E-state index in [2.05, 4.69) is 20.6 Å². The Balaban J connectivity index is 2.07. The van der Waals surface area contributed by atoms with Crippen LogP contribution in [0, 0.1) is 0 Å². The molecular weight excluding hydrogens is 206 g/mol. The van der Waals surface area contributed by atoms with Gasteiger partial charge in [0.25, 0.3) is 0 Å². The van der Waals surface area contributed by atoms with Gasteiger partial charge in [-0.1, -0.05) is 6.07 Å². The Morgan fingerprint density at radius 1 is 1.56 bits per heavy atom. The van der Waals surface area contributed by atoms with Gasteiger partial charge in [0.2, 0.25) is 0 Å². The molecule has 1 aliphatic rings. The number of rotatable bonds is 2. The van der Waals surface area contributed by atoms with Crippen LogP contribution in [-0.4, -0.2) is 34.5 Å². The lowest BCUT2D eigenvalue weighted by atomic mass is 10.4. The third-order valence-corrected chi connectivity index (χ3v) is 1.97. The van der Waals surface area contributed by atoms with E-state index in [1.54, 1.807) is 6.20 Å². The van der Waals surface area contributed by atoms with Gasteiger partial charge < -0.3 is 0 Å². The first-order valence-electron chi connectivity index (χ1n) is 4.81. The fourth-order valence-electron chi connectivity index (χ4n) is 1.20. The highest BCUT2D eigenvalue weighted by Gasteiger charge is 2.16. The van der Waals surface area contributed by atoms with E-state index in [-0.39, 0.29) is 6.03 Å². The molecule has 6 heteroatoms. The van der Waals surface area contributed by atoms with Crippen LogP contribution in [0.3, 0.4) is 0 Å². The number of pyridine rings is 1. The first kappa shape index (κ1) is 10.3. The molecule has 0 saturated carbocycles. The Bertz CT molecular complexity index is 440. The first-order valence-corrected chi connectivity index (χ1v) is 4.81. The largest absolute Gasteiger partial charge is 0.358 e. The molecular formula is C10H11N5O. The molecule has 16 heavy (non-hydrogen) atoms. The Kier molecular flexibility index (Phi) is 2.90. The third-order valence-electron chi connectivity index (χ3n) is 1.97. The lowest BCUT2D eigenvalue weighted by molar-refractivity contribution is 0.204. The molecule has 2 heterocycles. The van der Waals surface area contributed by atoms with Gasteiger partial charge in [0.1, 0.15) is 0 Å². The van der Waals surface area contributed by atoms with E-state index in [0.717, 1.165) is 5.71 Å². The minimum absolute atomic E-state index is 0.335. The highest BCUT2D eigenvalue weighted by Crippen LogP contribution is 1.98. The standard InChI is InChI=1S/C10H11N5O/c1-8-7-15(10(16)14-13-8)12-6-9-4-2-3-5-11-9/h2-6H,7H2,1H3,(H,14,16). The SMILES string of the molecule is CC1=NNC(=O)N(N=Cc2ccccn2)C1. The number of carbonyl (C=O) groups excluding carboxylic acids is 1. The summed E-state index contributed by atoms with van der Waals surface area (Å²) in [5.41, 5.74) is 3.87. The van der Waals surface area contributed by atoms with Gasteiger partial charge in [-0.3, -0.25) is 4.98 Å². The second-order valence-corrected chi connectivity index (χ2v) is 3.32. The van der Waals surface area contributed by atoms with Crippen LogP contribution < -0.4 is 5.43 Å². The van der Waals surface area contributed by atoms with E-state index in [4.69, 9.17) is 0 Å². The molecule has 1 N–H and O–H groups in total. The fourth-order valence-corrected chi connectivity index (χ4v) is 1.20. The van der Waals surface area contributed by atoms with Gasteiger partial charge in [0, 0.05) is 6.20 Å². The summed E-state index contributed by atoms with van der Waals surface area (Å²) < 4.78 is 0. The average Bonchev–Trinajstić information content (AvgIpc) is 2.32. The van der Waals surface area contributed by atoms with Gasteiger partial charge in [0.05, 0.1) is 24.2 Å². The molecule has 2 amide bonds. The van der Waals surface area contributed by atoms with E-state index >= 15 is 0 Å². The van der Waals surface area contributed by atoms with Crippen LogP contribution >= 0.6 is 0 Å². The fraction of sp³-hybridized carbons (Fsp3) is 0.200. The summed E-state index contributed by atoms with van der Waals surface area (Å²) in [6, 6.07) is 5.16. The molecule has 0 atom stereocenters. The Hall–Kier alpha value is -2.24. The predicted octanol–water partition coefficient (Wildman–Crippen LogP) is 0.817. The molecule has 0 radical (unpaired) electrons. The maximum absolute atomic E-state index is 11.3. The van der Waals surface area contributed by atoms with Gasteiger partial charge in [-0.15, -0.1) is 0 Å². The molecule has 0 saturated heterocycles. The van der Waals surface area contributed by atoms with Crippen molar-refractivity contribution < 1.29 is 4.79 Å². The predicted molar refractivity (Wildman–Crippen MR) is 60.2 cm³/mol. The zero-order chi connectivity index (χ0) is 11.4. The topological polar surface area (TPSA) is 70.0 Å². The number of nitrogens with zero attached hydrogens (tertiary/aromatic N) is 4. The lowest BCUT2D eigenvalue weighted by Crippen LogP contribution is -2.42. The monoisotopic (exact) mass is 217 g/mol. The smallest absolute Gasteiger partial charge is 0.255 e. The number of carbonyl (C=O) groups is 1. The van der Waals surface area contributed by atoms with Crippen molar-refractivity contribution in [1.82, 2.24) is 15.4 Å². The zero-order valence-electron chi connectivity index (χ0n) is 8.79. The van der Waals surface area contributed by atoms with Crippen molar-refractivity contribution in [3.05, 3.63) is 30.1 Å². The summed E-state index contributed by atoms with van der Waals surface area (Å²) in [5, 5.41) is 9.14. The minimum Gasteiger partial charge on any atom is -0.255 e. The number of aromatic nitrogens is 1. The number of hydrazone groups is 2. The lowest BCUT2D eigenvalue weighted by Gasteiger charge is -2.19. The molecule has 82 valence electrons. The van der Waals surface area contributed by atoms with Crippen LogP contribution in [0.25, 0.3) is 0 Å². The highest BCUT2D eigenvalue weighted by molar-refractivity contribution is 5.92. The third kappa shape index (κ3) is 2.41. The minimum atomic E-state index is -0.335. The molecule has 0 aliphatic carbocycles. The Morgan fingerprint density at radius 2 is 2.44 bits per heavy atom. The van der Waals surface area contributed by atoms with Crippen LogP contribution in [0.4, 0.5) is 4.79 Å². The Morgan fingerprint density at radius 3 is 3.19 bits per heavy atom. The summed E-state index contributed by atoms with van der Waals surface area (Å²) in [7, 11) is 0. The molecule has 1 aromatic heterocycles. The van der Waals surface area contributed by atoms with Crippen molar-refractivity contribution in [3.63, 3.8) is 0 Å². The quantitative estimate of drug-likeness (QED) is 0.745. The van der Waals surface area contributed by atoms with Gasteiger partial charge in [-0.05, 0) is 19.1 Å². The van der Waals surface area contributed by atoms with Crippen molar-refractivity contribution >= 4 is 18.0 Å². The molecule has 1 aliphatic heterocycles. The van der Waals surface area contributed by atoms with Gasteiger partial charge in [0.15, 0.2) is 0 Å². The van der Waals surface area contributed by atoms with Crippen LogP contribution in [0.1, 0.15) is 12.6 Å². The van der Waals surface area contributed by atoms with E-state index < -0.39 is 0 Å². The first-order chi connectivity index (χ1) is 7.75. The molecule has 0 fully saturated rings.